The van der Waals surface area contributed by atoms with E-state index >= 15 is 0 Å². The Labute approximate surface area is 125 Å². The first-order valence-corrected chi connectivity index (χ1v) is 7.08. The molecule has 1 aromatic rings. The van der Waals surface area contributed by atoms with Crippen LogP contribution in [0.4, 0.5) is 0 Å². The highest BCUT2D eigenvalue weighted by Crippen LogP contribution is 2.27. The van der Waals surface area contributed by atoms with Crippen LogP contribution < -0.4 is 5.32 Å². The second-order valence-electron chi connectivity index (χ2n) is 5.57. The summed E-state index contributed by atoms with van der Waals surface area (Å²) in [5, 5.41) is 21.1. The number of aliphatic hydroxyl groups is 1. The van der Waals surface area contributed by atoms with E-state index < -0.39 is 11.6 Å². The Morgan fingerprint density at radius 2 is 1.86 bits per heavy atom. The first kappa shape index (κ1) is 17.2. The van der Waals surface area contributed by atoms with Crippen LogP contribution in [0.5, 0.6) is 0 Å². The Morgan fingerprint density at radius 1 is 1.29 bits per heavy atom. The molecular formula is C16H23NO4. The van der Waals surface area contributed by atoms with Gasteiger partial charge in [0.25, 0.3) is 0 Å². The number of amides is 1. The maximum atomic E-state index is 12.4. The number of rotatable bonds is 7. The van der Waals surface area contributed by atoms with E-state index in [1.807, 2.05) is 44.2 Å². The van der Waals surface area contributed by atoms with Crippen LogP contribution in [0.2, 0.25) is 0 Å². The van der Waals surface area contributed by atoms with Gasteiger partial charge in [0.15, 0.2) is 5.60 Å². The number of carbonyl (C=O) groups excluding carboxylic acids is 1. The molecule has 116 valence electrons. The van der Waals surface area contributed by atoms with E-state index in [1.165, 1.54) is 0 Å². The van der Waals surface area contributed by atoms with Gasteiger partial charge in [0.1, 0.15) is 0 Å². The number of hydrogen-bond donors (Lipinski definition) is 3. The lowest BCUT2D eigenvalue weighted by Gasteiger charge is -2.25. The summed E-state index contributed by atoms with van der Waals surface area (Å²) >= 11 is 0. The molecule has 0 aliphatic rings. The third kappa shape index (κ3) is 4.56. The van der Waals surface area contributed by atoms with E-state index in [4.69, 9.17) is 5.11 Å². The van der Waals surface area contributed by atoms with Gasteiger partial charge in [0, 0.05) is 0 Å². The van der Waals surface area contributed by atoms with Gasteiger partial charge in [-0.3, -0.25) is 4.79 Å². The molecule has 1 rings (SSSR count). The van der Waals surface area contributed by atoms with Crippen molar-refractivity contribution >= 4 is 11.9 Å². The normalized spacial score (nSPS) is 16.6. The van der Waals surface area contributed by atoms with Crippen molar-refractivity contribution in [2.24, 2.45) is 5.92 Å². The first-order chi connectivity index (χ1) is 9.79. The second kappa shape index (κ2) is 7.22. The Balaban J connectivity index is 2.86. The summed E-state index contributed by atoms with van der Waals surface area (Å²) in [7, 11) is 0. The number of carbonyl (C=O) groups is 2. The van der Waals surface area contributed by atoms with Crippen LogP contribution in [0.15, 0.2) is 30.3 Å². The van der Waals surface area contributed by atoms with Crippen molar-refractivity contribution in [3.8, 4) is 0 Å². The number of benzene rings is 1. The molecule has 0 spiro atoms. The molecule has 5 nitrogen and oxygen atoms in total. The van der Waals surface area contributed by atoms with Crippen molar-refractivity contribution in [1.82, 2.24) is 5.32 Å². The van der Waals surface area contributed by atoms with Crippen LogP contribution in [0.1, 0.15) is 38.7 Å². The molecule has 5 heteroatoms. The third-order valence-electron chi connectivity index (χ3n) is 3.72. The largest absolute Gasteiger partial charge is 0.479 e. The summed E-state index contributed by atoms with van der Waals surface area (Å²) in [4.78, 5) is 23.3. The summed E-state index contributed by atoms with van der Waals surface area (Å²) in [5.74, 6) is -1.87. The molecule has 1 amide bonds. The van der Waals surface area contributed by atoms with Gasteiger partial charge in [-0.05, 0) is 18.4 Å². The average Bonchev–Trinajstić information content (AvgIpc) is 2.46. The summed E-state index contributed by atoms with van der Waals surface area (Å²) in [6, 6.07) is 9.37. The summed E-state index contributed by atoms with van der Waals surface area (Å²) in [6.45, 7) is 4.82. The number of carboxylic acid groups (broad SMARTS) is 1. The highest BCUT2D eigenvalue weighted by atomic mass is 16.4. The lowest BCUT2D eigenvalue weighted by Crippen LogP contribution is -2.48. The lowest BCUT2D eigenvalue weighted by atomic mass is 9.84. The zero-order valence-electron chi connectivity index (χ0n) is 12.7. The van der Waals surface area contributed by atoms with Crippen molar-refractivity contribution in [2.75, 3.05) is 6.54 Å². The Hall–Kier alpha value is -1.88. The van der Waals surface area contributed by atoms with Gasteiger partial charge in [-0.1, -0.05) is 50.6 Å². The molecule has 0 aliphatic carbocycles. The van der Waals surface area contributed by atoms with Gasteiger partial charge in [-0.25, -0.2) is 4.79 Å². The lowest BCUT2D eigenvalue weighted by molar-refractivity contribution is -0.156. The SMILES string of the molecule is CCC(C)C(C(=O)NCC(C)(O)C(=O)O)c1ccccc1. The number of nitrogens with one attached hydrogen (secondary N) is 1. The minimum Gasteiger partial charge on any atom is -0.479 e. The predicted molar refractivity (Wildman–Crippen MR) is 79.9 cm³/mol. The van der Waals surface area contributed by atoms with E-state index in [1.54, 1.807) is 0 Å². The monoisotopic (exact) mass is 293 g/mol. The molecule has 0 bridgehead atoms. The standard InChI is InChI=1S/C16H23NO4/c1-4-11(2)13(12-8-6-5-7-9-12)14(18)17-10-16(3,21)15(19)20/h5-9,11,13,21H,4,10H2,1-3H3,(H,17,18)(H,19,20). The fraction of sp³-hybridized carbons (Fsp3) is 0.500. The topological polar surface area (TPSA) is 86.6 Å². The maximum Gasteiger partial charge on any atom is 0.337 e. The van der Waals surface area contributed by atoms with Gasteiger partial charge in [0.2, 0.25) is 5.91 Å². The third-order valence-corrected chi connectivity index (χ3v) is 3.72. The molecule has 0 heterocycles. The molecule has 21 heavy (non-hydrogen) atoms. The highest BCUT2D eigenvalue weighted by Gasteiger charge is 2.32. The smallest absolute Gasteiger partial charge is 0.337 e. The van der Waals surface area contributed by atoms with E-state index in [2.05, 4.69) is 5.32 Å². The molecule has 3 unspecified atom stereocenters. The quantitative estimate of drug-likeness (QED) is 0.715. The number of carboxylic acids is 1. The molecular weight excluding hydrogens is 270 g/mol. The van der Waals surface area contributed by atoms with Gasteiger partial charge in [0.05, 0.1) is 12.5 Å². The molecule has 0 aliphatic heterocycles. The minimum absolute atomic E-state index is 0.113. The van der Waals surface area contributed by atoms with Crippen LogP contribution >= 0.6 is 0 Å². The van der Waals surface area contributed by atoms with Gasteiger partial charge < -0.3 is 15.5 Å². The average molecular weight is 293 g/mol. The Bertz CT molecular complexity index is 484. The summed E-state index contributed by atoms with van der Waals surface area (Å²) < 4.78 is 0. The second-order valence-corrected chi connectivity index (χ2v) is 5.57. The Kier molecular flexibility index (Phi) is 5.90. The molecule has 3 N–H and O–H groups in total. The van der Waals surface area contributed by atoms with Crippen LogP contribution in [-0.2, 0) is 9.59 Å². The molecule has 1 aromatic carbocycles. The zero-order valence-corrected chi connectivity index (χ0v) is 12.7. The number of aliphatic carboxylic acids is 1. The van der Waals surface area contributed by atoms with E-state index in [-0.39, 0.29) is 24.3 Å². The maximum absolute atomic E-state index is 12.4. The van der Waals surface area contributed by atoms with Crippen molar-refractivity contribution in [3.05, 3.63) is 35.9 Å². The first-order valence-electron chi connectivity index (χ1n) is 7.08. The predicted octanol–water partition coefficient (Wildman–Crippen LogP) is 1.77. The van der Waals surface area contributed by atoms with E-state index in [0.29, 0.717) is 0 Å². The Morgan fingerprint density at radius 3 is 2.33 bits per heavy atom. The van der Waals surface area contributed by atoms with Gasteiger partial charge in [-0.15, -0.1) is 0 Å². The van der Waals surface area contributed by atoms with Gasteiger partial charge in [-0.2, -0.15) is 0 Å². The molecule has 0 aromatic heterocycles. The molecule has 0 saturated heterocycles. The van der Waals surface area contributed by atoms with Crippen LogP contribution in [0.3, 0.4) is 0 Å². The van der Waals surface area contributed by atoms with E-state index in [0.717, 1.165) is 18.9 Å². The summed E-state index contributed by atoms with van der Waals surface area (Å²) in [6.07, 6.45) is 0.822. The minimum atomic E-state index is -1.97. The van der Waals surface area contributed by atoms with Crippen molar-refractivity contribution in [1.29, 1.82) is 0 Å². The molecule has 0 radical (unpaired) electrons. The fourth-order valence-electron chi connectivity index (χ4n) is 2.08. The van der Waals surface area contributed by atoms with Gasteiger partial charge >= 0.3 is 5.97 Å². The van der Waals surface area contributed by atoms with Crippen molar-refractivity contribution in [2.45, 2.75) is 38.7 Å². The molecule has 0 fully saturated rings. The molecule has 3 atom stereocenters. The van der Waals surface area contributed by atoms with Crippen molar-refractivity contribution in [3.63, 3.8) is 0 Å². The molecule has 0 saturated carbocycles. The van der Waals surface area contributed by atoms with Crippen LogP contribution in [0, 0.1) is 5.92 Å². The summed E-state index contributed by atoms with van der Waals surface area (Å²) in [5.41, 5.74) is -1.08. The van der Waals surface area contributed by atoms with E-state index in [9.17, 15) is 14.7 Å². The number of hydrogen-bond acceptors (Lipinski definition) is 3. The highest BCUT2D eigenvalue weighted by molar-refractivity contribution is 5.85. The fourth-order valence-corrected chi connectivity index (χ4v) is 2.08. The zero-order chi connectivity index (χ0) is 16.0. The van der Waals surface area contributed by atoms with Crippen LogP contribution in [-0.4, -0.2) is 34.2 Å². The van der Waals surface area contributed by atoms with Crippen LogP contribution in [0.25, 0.3) is 0 Å². The van der Waals surface area contributed by atoms with Crippen molar-refractivity contribution < 1.29 is 19.8 Å².